The summed E-state index contributed by atoms with van der Waals surface area (Å²) in [7, 11) is 3.17. The van der Waals surface area contributed by atoms with E-state index in [1.807, 2.05) is 0 Å². The highest BCUT2D eigenvalue weighted by Crippen LogP contribution is 2.34. The summed E-state index contributed by atoms with van der Waals surface area (Å²) in [5, 5.41) is 6.66. The lowest BCUT2D eigenvalue weighted by Crippen LogP contribution is -2.34. The third-order valence-electron chi connectivity index (χ3n) is 3.56. The Hall–Kier alpha value is -2.06. The van der Waals surface area contributed by atoms with Crippen LogP contribution in [0.25, 0.3) is 5.69 Å². The van der Waals surface area contributed by atoms with Crippen LogP contribution in [-0.4, -0.2) is 47.8 Å². The second-order valence-electron chi connectivity index (χ2n) is 5.49. The van der Waals surface area contributed by atoms with Crippen molar-refractivity contribution in [2.75, 3.05) is 27.2 Å². The molecule has 0 saturated carbocycles. The van der Waals surface area contributed by atoms with Gasteiger partial charge in [0.15, 0.2) is 5.69 Å². The molecule has 5 nitrogen and oxygen atoms in total. The van der Waals surface area contributed by atoms with Crippen LogP contribution in [0.4, 0.5) is 13.2 Å². The van der Waals surface area contributed by atoms with E-state index in [2.05, 4.69) is 10.4 Å². The van der Waals surface area contributed by atoms with Crippen molar-refractivity contribution in [3.63, 3.8) is 0 Å². The molecule has 1 aromatic carbocycles. The van der Waals surface area contributed by atoms with Crippen LogP contribution in [0.1, 0.15) is 21.6 Å². The predicted molar refractivity (Wildman–Crippen MR) is 91.4 cm³/mol. The van der Waals surface area contributed by atoms with Gasteiger partial charge in [-0.25, -0.2) is 4.68 Å². The molecule has 0 aliphatic heterocycles. The van der Waals surface area contributed by atoms with Gasteiger partial charge in [-0.2, -0.15) is 18.3 Å². The van der Waals surface area contributed by atoms with Gasteiger partial charge in [0, 0.05) is 20.1 Å². The summed E-state index contributed by atoms with van der Waals surface area (Å²) in [4.78, 5) is 13.6. The molecule has 0 fully saturated rings. The van der Waals surface area contributed by atoms with Crippen molar-refractivity contribution in [1.29, 1.82) is 0 Å². The van der Waals surface area contributed by atoms with E-state index >= 15 is 0 Å². The smallest absolute Gasteiger partial charge is 0.340 e. The zero-order chi connectivity index (χ0) is 17.9. The van der Waals surface area contributed by atoms with Crippen molar-refractivity contribution >= 4 is 18.3 Å². The number of halogens is 4. The summed E-state index contributed by atoms with van der Waals surface area (Å²) >= 11 is 0. The van der Waals surface area contributed by atoms with Crippen LogP contribution >= 0.6 is 12.4 Å². The quantitative estimate of drug-likeness (QED) is 0.873. The van der Waals surface area contributed by atoms with Crippen LogP contribution in [0.5, 0.6) is 0 Å². The molecule has 0 bridgehead atoms. The first kappa shape index (κ1) is 21.0. The number of nitrogens with zero attached hydrogens (tertiary/aromatic N) is 3. The van der Waals surface area contributed by atoms with Crippen LogP contribution < -0.4 is 5.32 Å². The number of alkyl halides is 3. The number of carbonyl (C=O) groups excluding carboxylic acids is 1. The van der Waals surface area contributed by atoms with Crippen LogP contribution in [0.15, 0.2) is 30.5 Å². The van der Waals surface area contributed by atoms with Crippen molar-refractivity contribution < 1.29 is 18.0 Å². The second-order valence-corrected chi connectivity index (χ2v) is 5.49. The van der Waals surface area contributed by atoms with Crippen LogP contribution in [0, 0.1) is 6.92 Å². The SMILES string of the molecule is CNCCN(C)C(=O)c1cnn(-c2cccc(C)c2)c1C(F)(F)F.Cl. The molecule has 0 atom stereocenters. The predicted octanol–water partition coefficient (Wildman–Crippen LogP) is 2.91. The van der Waals surface area contributed by atoms with Gasteiger partial charge in [-0.05, 0) is 31.7 Å². The summed E-state index contributed by atoms with van der Waals surface area (Å²) in [5.74, 6) is -0.712. The highest BCUT2D eigenvalue weighted by molar-refractivity contribution is 5.95. The van der Waals surface area contributed by atoms with Gasteiger partial charge in [0.2, 0.25) is 0 Å². The fourth-order valence-electron chi connectivity index (χ4n) is 2.32. The average molecular weight is 377 g/mol. The van der Waals surface area contributed by atoms with Crippen LogP contribution in [0.2, 0.25) is 0 Å². The van der Waals surface area contributed by atoms with E-state index < -0.39 is 23.3 Å². The van der Waals surface area contributed by atoms with Gasteiger partial charge < -0.3 is 10.2 Å². The van der Waals surface area contributed by atoms with Gasteiger partial charge in [0.1, 0.15) is 0 Å². The Balaban J connectivity index is 0.00000312. The molecule has 2 aromatic rings. The number of hydrogen-bond donors (Lipinski definition) is 1. The minimum Gasteiger partial charge on any atom is -0.340 e. The molecule has 0 radical (unpaired) electrons. The first-order chi connectivity index (χ1) is 11.3. The average Bonchev–Trinajstić information content (AvgIpc) is 2.97. The maximum atomic E-state index is 13.6. The number of hydrogen-bond acceptors (Lipinski definition) is 3. The van der Waals surface area contributed by atoms with E-state index in [9.17, 15) is 18.0 Å². The van der Waals surface area contributed by atoms with Gasteiger partial charge in [0.25, 0.3) is 5.91 Å². The zero-order valence-corrected chi connectivity index (χ0v) is 14.9. The van der Waals surface area contributed by atoms with E-state index in [-0.39, 0.29) is 18.1 Å². The first-order valence-electron chi connectivity index (χ1n) is 7.38. The molecule has 0 unspecified atom stereocenters. The van der Waals surface area contributed by atoms with Crippen molar-refractivity contribution in [3.8, 4) is 5.69 Å². The molecule has 0 saturated heterocycles. The topological polar surface area (TPSA) is 50.2 Å². The van der Waals surface area contributed by atoms with Crippen molar-refractivity contribution in [2.24, 2.45) is 0 Å². The number of rotatable bonds is 5. The lowest BCUT2D eigenvalue weighted by molar-refractivity contribution is -0.143. The number of amides is 1. The van der Waals surface area contributed by atoms with Gasteiger partial charge >= 0.3 is 6.18 Å². The monoisotopic (exact) mass is 376 g/mol. The number of carbonyl (C=O) groups is 1. The standard InChI is InChI=1S/C16H19F3N4O.ClH/c1-11-5-4-6-12(9-11)23-14(16(17,18)19)13(10-21-23)15(24)22(3)8-7-20-2;/h4-6,9-10,20H,7-8H2,1-3H3;1H. The highest BCUT2D eigenvalue weighted by Gasteiger charge is 2.41. The number of benzene rings is 1. The van der Waals surface area contributed by atoms with Gasteiger partial charge in [-0.3, -0.25) is 4.79 Å². The molecule has 138 valence electrons. The third kappa shape index (κ3) is 4.73. The number of nitrogens with one attached hydrogen (secondary N) is 1. The first-order valence-corrected chi connectivity index (χ1v) is 7.38. The third-order valence-corrected chi connectivity index (χ3v) is 3.56. The molecular formula is C16H20ClF3N4O. The minimum absolute atomic E-state index is 0. The van der Waals surface area contributed by atoms with E-state index in [0.29, 0.717) is 13.1 Å². The molecule has 0 aliphatic rings. The molecular weight excluding hydrogens is 357 g/mol. The fraction of sp³-hybridized carbons (Fsp3) is 0.375. The Morgan fingerprint density at radius 3 is 2.60 bits per heavy atom. The van der Waals surface area contributed by atoms with Crippen LogP contribution in [0.3, 0.4) is 0 Å². The largest absolute Gasteiger partial charge is 0.434 e. The Labute approximate surface area is 150 Å². The number of aryl methyl sites for hydroxylation is 1. The summed E-state index contributed by atoms with van der Waals surface area (Å²) in [6.07, 6.45) is -3.72. The summed E-state index contributed by atoms with van der Waals surface area (Å²) in [6.45, 7) is 2.55. The molecule has 2 rings (SSSR count). The van der Waals surface area contributed by atoms with E-state index in [1.165, 1.54) is 18.0 Å². The normalized spacial score (nSPS) is 11.1. The minimum atomic E-state index is -4.70. The van der Waals surface area contributed by atoms with Crippen LogP contribution in [-0.2, 0) is 6.18 Å². The van der Waals surface area contributed by atoms with Gasteiger partial charge in [-0.1, -0.05) is 12.1 Å². The Morgan fingerprint density at radius 2 is 2.04 bits per heavy atom. The van der Waals surface area contributed by atoms with E-state index in [1.54, 1.807) is 32.2 Å². The Kier molecular flexibility index (Phi) is 7.01. The highest BCUT2D eigenvalue weighted by atomic mass is 35.5. The molecule has 0 spiro atoms. The van der Waals surface area contributed by atoms with Crippen molar-refractivity contribution in [2.45, 2.75) is 13.1 Å². The second kappa shape index (κ2) is 8.35. The van der Waals surface area contributed by atoms with Gasteiger partial charge in [0.05, 0.1) is 17.4 Å². The summed E-state index contributed by atoms with van der Waals surface area (Å²) < 4.78 is 41.5. The summed E-state index contributed by atoms with van der Waals surface area (Å²) in [5.41, 5.74) is -0.452. The Morgan fingerprint density at radius 1 is 1.36 bits per heavy atom. The van der Waals surface area contributed by atoms with E-state index in [0.717, 1.165) is 16.4 Å². The maximum Gasteiger partial charge on any atom is 0.434 e. The number of aromatic nitrogens is 2. The molecule has 1 heterocycles. The van der Waals surface area contributed by atoms with Crippen molar-refractivity contribution in [1.82, 2.24) is 20.0 Å². The van der Waals surface area contributed by atoms with Crippen molar-refractivity contribution in [3.05, 3.63) is 47.3 Å². The lowest BCUT2D eigenvalue weighted by atomic mass is 10.2. The molecule has 9 heteroatoms. The molecule has 25 heavy (non-hydrogen) atoms. The van der Waals surface area contributed by atoms with E-state index in [4.69, 9.17) is 0 Å². The fourth-order valence-corrected chi connectivity index (χ4v) is 2.32. The number of likely N-dealkylation sites (N-methyl/N-ethyl adjacent to an activating group) is 2. The molecule has 0 aliphatic carbocycles. The molecule has 1 N–H and O–H groups in total. The summed E-state index contributed by atoms with van der Waals surface area (Å²) in [6, 6.07) is 6.53. The lowest BCUT2D eigenvalue weighted by Gasteiger charge is -2.18. The zero-order valence-electron chi connectivity index (χ0n) is 14.1. The van der Waals surface area contributed by atoms with Gasteiger partial charge in [-0.15, -0.1) is 12.4 Å². The molecule has 1 amide bonds. The Bertz CT molecular complexity index is 730. The molecule has 1 aromatic heterocycles. The maximum absolute atomic E-state index is 13.6.